The van der Waals surface area contributed by atoms with E-state index in [4.69, 9.17) is 0 Å². The van der Waals surface area contributed by atoms with Crippen molar-refractivity contribution in [2.24, 2.45) is 5.10 Å². The van der Waals surface area contributed by atoms with Gasteiger partial charge in [0.2, 0.25) is 0 Å². The number of carbonyl (C=O) groups is 1. The summed E-state index contributed by atoms with van der Waals surface area (Å²) >= 11 is 4.60. The van der Waals surface area contributed by atoms with Gasteiger partial charge in [-0.05, 0) is 42.5 Å². The fraction of sp³-hybridized carbons (Fsp3) is 0.0400. The highest BCUT2D eigenvalue weighted by Crippen LogP contribution is 2.22. The highest BCUT2D eigenvalue weighted by atomic mass is 79.9. The van der Waals surface area contributed by atoms with Crippen LogP contribution in [-0.4, -0.2) is 32.4 Å². The van der Waals surface area contributed by atoms with Crippen LogP contribution in [0.2, 0.25) is 0 Å². The molecule has 168 valence electrons. The molecule has 0 aliphatic heterocycles. The largest absolute Gasteiger partial charge is 0.361 e. The smallest absolute Gasteiger partial charge is 0.266 e. The predicted molar refractivity (Wildman–Crippen MR) is 140 cm³/mol. The van der Waals surface area contributed by atoms with E-state index in [1.807, 2.05) is 66.9 Å². The fourth-order valence-electron chi connectivity index (χ4n) is 3.56. The number of para-hydroxylation sites is 2. The summed E-state index contributed by atoms with van der Waals surface area (Å²) in [6.07, 6.45) is 3.44. The van der Waals surface area contributed by atoms with Crippen molar-refractivity contribution in [1.82, 2.24) is 20.0 Å². The number of hydrazone groups is 1. The first-order valence-electron chi connectivity index (χ1n) is 10.4. The summed E-state index contributed by atoms with van der Waals surface area (Å²) in [5.74, 6) is -0.252. The van der Waals surface area contributed by atoms with Gasteiger partial charge in [-0.1, -0.05) is 58.0 Å². The Morgan fingerprint density at radius 2 is 1.79 bits per heavy atom. The summed E-state index contributed by atoms with van der Waals surface area (Å²) in [6.45, 7) is 0. The summed E-state index contributed by atoms with van der Waals surface area (Å²) in [5, 5.41) is 6.05. The van der Waals surface area contributed by atoms with Gasteiger partial charge in [0.1, 0.15) is 0 Å². The van der Waals surface area contributed by atoms with Crippen LogP contribution in [-0.2, 0) is 4.79 Å². The first kappa shape index (κ1) is 22.1. The molecule has 0 aliphatic carbocycles. The molecule has 0 radical (unpaired) electrons. The number of H-pyrrole nitrogens is 1. The lowest BCUT2D eigenvalue weighted by molar-refractivity contribution is -0.118. The van der Waals surface area contributed by atoms with Crippen LogP contribution in [0.5, 0.6) is 0 Å². The molecule has 5 rings (SSSR count). The maximum atomic E-state index is 13.3. The third-order valence-corrected chi connectivity index (χ3v) is 6.64. The third kappa shape index (κ3) is 4.52. The van der Waals surface area contributed by atoms with Crippen LogP contribution in [0.25, 0.3) is 27.5 Å². The highest BCUT2D eigenvalue weighted by molar-refractivity contribution is 9.10. The minimum absolute atomic E-state index is 0.0481. The first-order chi connectivity index (χ1) is 16.6. The zero-order chi connectivity index (χ0) is 23.5. The maximum Gasteiger partial charge on any atom is 0.266 e. The lowest BCUT2D eigenvalue weighted by atomic mass is 10.2. The molecule has 0 unspecified atom stereocenters. The molecule has 0 fully saturated rings. The van der Waals surface area contributed by atoms with E-state index in [1.54, 1.807) is 18.3 Å². The number of benzene rings is 3. The molecule has 0 spiro atoms. The number of carbonyl (C=O) groups excluding carboxylic acids is 1. The standard InChI is InChI=1S/C25H18BrN5O2S/c26-17-9-11-18(12-10-17)31-24(33)20-6-2-4-8-22(20)29-25(31)34-15-23(32)30-28-14-16-13-27-21-7-3-1-5-19(16)21/h1-14,27H,15H2,(H,30,32)/b28-14-. The number of hydrogen-bond acceptors (Lipinski definition) is 5. The van der Waals surface area contributed by atoms with Crippen molar-refractivity contribution in [2.75, 3.05) is 5.75 Å². The van der Waals surface area contributed by atoms with Crippen molar-refractivity contribution >= 4 is 61.6 Å². The number of amides is 1. The van der Waals surface area contributed by atoms with E-state index in [1.165, 1.54) is 16.3 Å². The van der Waals surface area contributed by atoms with Crippen LogP contribution in [0.15, 0.2) is 98.5 Å². The number of thioether (sulfide) groups is 1. The van der Waals surface area contributed by atoms with E-state index in [-0.39, 0.29) is 17.2 Å². The number of aromatic nitrogens is 3. The second-order valence-electron chi connectivity index (χ2n) is 7.40. The number of aromatic amines is 1. The van der Waals surface area contributed by atoms with Gasteiger partial charge >= 0.3 is 0 Å². The Labute approximate surface area is 207 Å². The van der Waals surface area contributed by atoms with Crippen molar-refractivity contribution in [1.29, 1.82) is 0 Å². The average Bonchev–Trinajstić information content (AvgIpc) is 3.27. The van der Waals surface area contributed by atoms with Crippen molar-refractivity contribution in [3.63, 3.8) is 0 Å². The highest BCUT2D eigenvalue weighted by Gasteiger charge is 2.14. The molecule has 0 saturated heterocycles. The molecule has 2 aromatic heterocycles. The Bertz CT molecular complexity index is 1590. The minimum Gasteiger partial charge on any atom is -0.361 e. The average molecular weight is 532 g/mol. The number of nitrogens with zero attached hydrogens (tertiary/aromatic N) is 3. The maximum absolute atomic E-state index is 13.3. The minimum atomic E-state index is -0.300. The molecule has 0 saturated carbocycles. The van der Waals surface area contributed by atoms with Gasteiger partial charge in [-0.15, -0.1) is 0 Å². The molecule has 9 heteroatoms. The summed E-state index contributed by atoms with van der Waals surface area (Å²) in [5.41, 5.74) is 5.50. The number of rotatable bonds is 6. The van der Waals surface area contributed by atoms with Crippen LogP contribution in [0.3, 0.4) is 0 Å². The topological polar surface area (TPSA) is 92.1 Å². The molecule has 1 amide bonds. The lowest BCUT2D eigenvalue weighted by Gasteiger charge is -2.13. The summed E-state index contributed by atoms with van der Waals surface area (Å²) < 4.78 is 2.43. The molecule has 34 heavy (non-hydrogen) atoms. The van der Waals surface area contributed by atoms with E-state index in [0.717, 1.165) is 20.9 Å². The van der Waals surface area contributed by atoms with E-state index in [9.17, 15) is 9.59 Å². The van der Waals surface area contributed by atoms with Crippen LogP contribution in [0.4, 0.5) is 0 Å². The third-order valence-electron chi connectivity index (χ3n) is 5.18. The van der Waals surface area contributed by atoms with Crippen molar-refractivity contribution in [3.8, 4) is 5.69 Å². The quantitative estimate of drug-likeness (QED) is 0.141. The molecular weight excluding hydrogens is 514 g/mol. The first-order valence-corrected chi connectivity index (χ1v) is 12.2. The Kier molecular flexibility index (Phi) is 6.29. The fourth-order valence-corrected chi connectivity index (χ4v) is 4.63. The van der Waals surface area contributed by atoms with Gasteiger partial charge in [-0.2, -0.15) is 5.10 Å². The molecular formula is C25H18BrN5O2S. The summed E-state index contributed by atoms with van der Waals surface area (Å²) in [6, 6.07) is 22.4. The van der Waals surface area contributed by atoms with Crippen molar-refractivity contribution in [3.05, 3.63) is 99.4 Å². The molecule has 7 nitrogen and oxygen atoms in total. The number of halogens is 1. The number of fused-ring (bicyclic) bond motifs is 2. The van der Waals surface area contributed by atoms with Gasteiger partial charge in [0.15, 0.2) is 5.16 Å². The number of hydrogen-bond donors (Lipinski definition) is 2. The van der Waals surface area contributed by atoms with Gasteiger partial charge in [0.05, 0.1) is 28.6 Å². The predicted octanol–water partition coefficient (Wildman–Crippen LogP) is 4.87. The van der Waals surface area contributed by atoms with Crippen LogP contribution in [0, 0.1) is 0 Å². The van der Waals surface area contributed by atoms with Gasteiger partial charge in [0.25, 0.3) is 11.5 Å². The van der Waals surface area contributed by atoms with Gasteiger partial charge in [-0.25, -0.2) is 10.4 Å². The Morgan fingerprint density at radius 3 is 2.62 bits per heavy atom. The van der Waals surface area contributed by atoms with E-state index in [0.29, 0.717) is 21.7 Å². The Morgan fingerprint density at radius 1 is 1.06 bits per heavy atom. The van der Waals surface area contributed by atoms with E-state index < -0.39 is 0 Å². The number of nitrogens with one attached hydrogen (secondary N) is 2. The van der Waals surface area contributed by atoms with Crippen molar-refractivity contribution in [2.45, 2.75) is 5.16 Å². The molecule has 2 N–H and O–H groups in total. The molecule has 0 aliphatic rings. The second kappa shape index (κ2) is 9.66. The molecule has 0 bridgehead atoms. The zero-order valence-electron chi connectivity index (χ0n) is 17.7. The van der Waals surface area contributed by atoms with E-state index in [2.05, 4.69) is 36.4 Å². The van der Waals surface area contributed by atoms with Crippen LogP contribution < -0.4 is 11.0 Å². The van der Waals surface area contributed by atoms with Crippen LogP contribution in [0.1, 0.15) is 5.56 Å². The van der Waals surface area contributed by atoms with Gasteiger partial charge in [-0.3, -0.25) is 14.2 Å². The Hall–Kier alpha value is -3.69. The van der Waals surface area contributed by atoms with Crippen molar-refractivity contribution < 1.29 is 4.79 Å². The molecule has 5 aromatic rings. The lowest BCUT2D eigenvalue weighted by Crippen LogP contribution is -2.24. The molecule has 0 atom stereocenters. The van der Waals surface area contributed by atoms with Gasteiger partial charge in [0, 0.05) is 27.1 Å². The summed E-state index contributed by atoms with van der Waals surface area (Å²) in [7, 11) is 0. The van der Waals surface area contributed by atoms with Gasteiger partial charge < -0.3 is 4.98 Å². The Balaban J connectivity index is 1.36. The SMILES string of the molecule is O=C(CSc1nc2ccccc2c(=O)n1-c1ccc(Br)cc1)N/N=C\c1c[nH]c2ccccc12. The normalized spacial score (nSPS) is 11.4. The molecule has 3 aromatic carbocycles. The van der Waals surface area contributed by atoms with Crippen LogP contribution >= 0.6 is 27.7 Å². The monoisotopic (exact) mass is 531 g/mol. The molecule has 2 heterocycles. The second-order valence-corrected chi connectivity index (χ2v) is 9.26. The van der Waals surface area contributed by atoms with E-state index >= 15 is 0 Å². The summed E-state index contributed by atoms with van der Waals surface area (Å²) in [4.78, 5) is 33.6. The zero-order valence-corrected chi connectivity index (χ0v) is 20.1.